The van der Waals surface area contributed by atoms with Crippen LogP contribution in [0.3, 0.4) is 0 Å². The molecule has 156 valence electrons. The maximum absolute atomic E-state index is 12.6. The smallest absolute Gasteiger partial charge is 0.340 e. The van der Waals surface area contributed by atoms with Crippen molar-refractivity contribution in [2.75, 3.05) is 20.8 Å². The van der Waals surface area contributed by atoms with E-state index in [1.54, 1.807) is 32.0 Å². The molecule has 0 aliphatic heterocycles. The van der Waals surface area contributed by atoms with Crippen molar-refractivity contribution in [1.29, 1.82) is 0 Å². The molecule has 29 heavy (non-hydrogen) atoms. The number of methoxy groups -OCH3 is 2. The first-order chi connectivity index (χ1) is 13.7. The Morgan fingerprint density at radius 1 is 0.966 bits per heavy atom. The van der Waals surface area contributed by atoms with Crippen molar-refractivity contribution in [3.05, 3.63) is 40.7 Å². The first-order valence-corrected chi connectivity index (χ1v) is 9.36. The highest BCUT2D eigenvalue weighted by Crippen LogP contribution is 2.38. The van der Waals surface area contributed by atoms with Crippen LogP contribution in [0, 0.1) is 13.8 Å². The fraction of sp³-hybridized carbons (Fsp3) is 0.409. The summed E-state index contributed by atoms with van der Waals surface area (Å²) in [5.74, 6) is -0.0870. The third-order valence-electron chi connectivity index (χ3n) is 4.23. The van der Waals surface area contributed by atoms with Crippen LogP contribution in [0.1, 0.15) is 52.9 Å². The zero-order valence-electron chi connectivity index (χ0n) is 17.9. The van der Waals surface area contributed by atoms with Gasteiger partial charge in [0.05, 0.1) is 49.4 Å². The van der Waals surface area contributed by atoms with Gasteiger partial charge in [0, 0.05) is 5.56 Å². The summed E-state index contributed by atoms with van der Waals surface area (Å²) in [5.41, 5.74) is 2.32. The standard InChI is InChI=1S/C22H27NO6/c1-8-28-17-11-15(9-10-16(17)29-12(2)3)20-18(21(24)26-6)13(4)23-14(5)19(20)22(25)27-7/h9-12H,8H2,1-7H3. The first-order valence-electron chi connectivity index (χ1n) is 9.36. The van der Waals surface area contributed by atoms with Gasteiger partial charge in [0.2, 0.25) is 0 Å². The Hall–Kier alpha value is -3.09. The second-order valence-electron chi connectivity index (χ2n) is 6.65. The van der Waals surface area contributed by atoms with Gasteiger partial charge in [-0.3, -0.25) is 4.98 Å². The number of carbonyl (C=O) groups is 2. The fourth-order valence-corrected chi connectivity index (χ4v) is 3.13. The van der Waals surface area contributed by atoms with Crippen molar-refractivity contribution < 1.29 is 28.5 Å². The summed E-state index contributed by atoms with van der Waals surface area (Å²) < 4.78 is 21.5. The van der Waals surface area contributed by atoms with E-state index >= 15 is 0 Å². The lowest BCUT2D eigenvalue weighted by Gasteiger charge is -2.19. The Labute approximate surface area is 170 Å². The summed E-state index contributed by atoms with van der Waals surface area (Å²) in [5, 5.41) is 0. The van der Waals surface area contributed by atoms with Gasteiger partial charge >= 0.3 is 11.9 Å². The Bertz CT molecular complexity index is 880. The maximum atomic E-state index is 12.6. The van der Waals surface area contributed by atoms with Crippen LogP contribution in [-0.4, -0.2) is 43.9 Å². The van der Waals surface area contributed by atoms with Gasteiger partial charge in [0.15, 0.2) is 11.5 Å². The highest BCUT2D eigenvalue weighted by Gasteiger charge is 2.28. The Balaban J connectivity index is 2.85. The molecule has 0 saturated carbocycles. The second-order valence-corrected chi connectivity index (χ2v) is 6.65. The molecule has 0 aliphatic carbocycles. The largest absolute Gasteiger partial charge is 0.490 e. The lowest BCUT2D eigenvalue weighted by molar-refractivity contribution is 0.0599. The van der Waals surface area contributed by atoms with Gasteiger partial charge in [0.25, 0.3) is 0 Å². The van der Waals surface area contributed by atoms with Gasteiger partial charge in [0.1, 0.15) is 0 Å². The molecule has 0 amide bonds. The molecule has 0 fully saturated rings. The van der Waals surface area contributed by atoms with Crippen molar-refractivity contribution in [3.63, 3.8) is 0 Å². The molecular weight excluding hydrogens is 374 g/mol. The van der Waals surface area contributed by atoms with Crippen molar-refractivity contribution in [2.24, 2.45) is 0 Å². The van der Waals surface area contributed by atoms with E-state index in [1.165, 1.54) is 14.2 Å². The van der Waals surface area contributed by atoms with Crippen LogP contribution in [0.2, 0.25) is 0 Å². The highest BCUT2D eigenvalue weighted by atomic mass is 16.5. The van der Waals surface area contributed by atoms with E-state index in [0.717, 1.165) is 0 Å². The molecule has 2 aromatic rings. The van der Waals surface area contributed by atoms with Crippen LogP contribution in [-0.2, 0) is 9.47 Å². The van der Waals surface area contributed by atoms with E-state index < -0.39 is 11.9 Å². The fourth-order valence-electron chi connectivity index (χ4n) is 3.13. The first kappa shape index (κ1) is 22.2. The van der Waals surface area contributed by atoms with Crippen LogP contribution < -0.4 is 9.47 Å². The summed E-state index contributed by atoms with van der Waals surface area (Å²) in [7, 11) is 2.57. The van der Waals surface area contributed by atoms with Crippen LogP contribution in [0.25, 0.3) is 11.1 Å². The normalized spacial score (nSPS) is 10.6. The lowest BCUT2D eigenvalue weighted by atomic mass is 9.92. The third-order valence-corrected chi connectivity index (χ3v) is 4.23. The maximum Gasteiger partial charge on any atom is 0.340 e. The molecule has 0 aliphatic rings. The van der Waals surface area contributed by atoms with Crippen molar-refractivity contribution in [3.8, 4) is 22.6 Å². The molecule has 0 saturated heterocycles. The minimum atomic E-state index is -0.587. The minimum absolute atomic E-state index is 0.0401. The number of pyridine rings is 1. The number of carbonyl (C=O) groups excluding carboxylic acids is 2. The van der Waals surface area contributed by atoms with Gasteiger partial charge in [-0.1, -0.05) is 6.07 Å². The van der Waals surface area contributed by atoms with Gasteiger partial charge < -0.3 is 18.9 Å². The topological polar surface area (TPSA) is 84.0 Å². The van der Waals surface area contributed by atoms with E-state index in [4.69, 9.17) is 18.9 Å². The number of aromatic nitrogens is 1. The average Bonchev–Trinajstić information content (AvgIpc) is 2.67. The molecule has 2 rings (SSSR count). The van der Waals surface area contributed by atoms with Gasteiger partial charge in [-0.05, 0) is 52.3 Å². The van der Waals surface area contributed by atoms with Crippen molar-refractivity contribution in [1.82, 2.24) is 4.98 Å². The number of benzene rings is 1. The molecule has 0 radical (unpaired) electrons. The summed E-state index contributed by atoms with van der Waals surface area (Å²) in [6, 6.07) is 5.27. The molecule has 0 unspecified atom stereocenters. The lowest BCUT2D eigenvalue weighted by Crippen LogP contribution is -2.16. The zero-order chi connectivity index (χ0) is 21.7. The van der Waals surface area contributed by atoms with E-state index in [9.17, 15) is 9.59 Å². The number of hydrogen-bond acceptors (Lipinski definition) is 7. The Morgan fingerprint density at radius 3 is 1.97 bits per heavy atom. The molecule has 1 heterocycles. The van der Waals surface area contributed by atoms with Crippen LogP contribution >= 0.6 is 0 Å². The zero-order valence-corrected chi connectivity index (χ0v) is 17.9. The third kappa shape index (κ3) is 4.67. The SMILES string of the molecule is CCOc1cc(-c2c(C(=O)OC)c(C)nc(C)c2C(=O)OC)ccc1OC(C)C. The molecule has 0 spiro atoms. The minimum Gasteiger partial charge on any atom is -0.490 e. The molecule has 1 aromatic carbocycles. The number of rotatable bonds is 7. The highest BCUT2D eigenvalue weighted by molar-refractivity contribution is 6.07. The van der Waals surface area contributed by atoms with Gasteiger partial charge in [-0.15, -0.1) is 0 Å². The number of hydrogen-bond donors (Lipinski definition) is 0. The number of ether oxygens (including phenoxy) is 4. The molecule has 7 nitrogen and oxygen atoms in total. The van der Waals surface area contributed by atoms with E-state index in [-0.39, 0.29) is 17.2 Å². The molecule has 0 bridgehead atoms. The van der Waals surface area contributed by atoms with Crippen molar-refractivity contribution in [2.45, 2.75) is 40.7 Å². The van der Waals surface area contributed by atoms with E-state index in [0.29, 0.717) is 40.6 Å². The number of nitrogens with zero attached hydrogens (tertiary/aromatic N) is 1. The predicted octanol–water partition coefficient (Wildman–Crippen LogP) is 4.12. The van der Waals surface area contributed by atoms with Gasteiger partial charge in [-0.2, -0.15) is 0 Å². The quantitative estimate of drug-likeness (QED) is 0.645. The Morgan fingerprint density at radius 2 is 1.52 bits per heavy atom. The molecule has 1 aromatic heterocycles. The Kier molecular flexibility index (Phi) is 7.20. The van der Waals surface area contributed by atoms with Crippen LogP contribution in [0.5, 0.6) is 11.5 Å². The van der Waals surface area contributed by atoms with E-state index in [1.807, 2.05) is 20.8 Å². The van der Waals surface area contributed by atoms with Crippen molar-refractivity contribution >= 4 is 11.9 Å². The molecule has 0 N–H and O–H groups in total. The summed E-state index contributed by atoms with van der Waals surface area (Å²) >= 11 is 0. The number of esters is 2. The average molecular weight is 401 g/mol. The monoisotopic (exact) mass is 401 g/mol. The molecule has 7 heteroatoms. The van der Waals surface area contributed by atoms with Crippen LogP contribution in [0.4, 0.5) is 0 Å². The molecular formula is C22H27NO6. The summed E-state index contributed by atoms with van der Waals surface area (Å²) in [6.07, 6.45) is -0.0401. The summed E-state index contributed by atoms with van der Waals surface area (Å²) in [6.45, 7) is 9.53. The number of aryl methyl sites for hydroxylation is 2. The predicted molar refractivity (Wildman–Crippen MR) is 109 cm³/mol. The molecule has 0 atom stereocenters. The summed E-state index contributed by atoms with van der Waals surface area (Å²) in [4.78, 5) is 29.5. The second kappa shape index (κ2) is 9.41. The van der Waals surface area contributed by atoms with Gasteiger partial charge in [-0.25, -0.2) is 9.59 Å². The van der Waals surface area contributed by atoms with E-state index in [2.05, 4.69) is 4.98 Å². The van der Waals surface area contributed by atoms with Crippen LogP contribution in [0.15, 0.2) is 18.2 Å².